The Labute approximate surface area is 127 Å². The van der Waals surface area contributed by atoms with Crippen molar-refractivity contribution >= 4 is 17.3 Å². The second-order valence-electron chi connectivity index (χ2n) is 5.86. The molecule has 21 heavy (non-hydrogen) atoms. The molecule has 1 N–H and O–H groups in total. The Morgan fingerprint density at radius 1 is 1.14 bits per heavy atom. The van der Waals surface area contributed by atoms with Gasteiger partial charge in [0.25, 0.3) is 0 Å². The largest absolute Gasteiger partial charge is 0.418 e. The summed E-state index contributed by atoms with van der Waals surface area (Å²) in [5.41, 5.74) is -0.504. The molecule has 1 unspecified atom stereocenters. The van der Waals surface area contributed by atoms with Crippen LogP contribution in [0.3, 0.4) is 0 Å². The van der Waals surface area contributed by atoms with Crippen LogP contribution < -0.4 is 10.2 Å². The monoisotopic (exact) mass is 318 g/mol. The number of piperidine rings is 1. The minimum atomic E-state index is -4.38. The molecule has 2 aliphatic rings. The Morgan fingerprint density at radius 3 is 2.57 bits per heavy atom. The number of benzene rings is 1. The van der Waals surface area contributed by atoms with Gasteiger partial charge in [0.2, 0.25) is 0 Å². The molecule has 0 aromatic heterocycles. The number of hydrogen-bond donors (Lipinski definition) is 1. The minimum Gasteiger partial charge on any atom is -0.368 e. The summed E-state index contributed by atoms with van der Waals surface area (Å²) in [6.45, 7) is 1.21. The fraction of sp³-hybridized carbons (Fsp3) is 0.600. The molecule has 6 heteroatoms. The lowest BCUT2D eigenvalue weighted by Crippen LogP contribution is -2.47. The van der Waals surface area contributed by atoms with Gasteiger partial charge in [0.05, 0.1) is 16.3 Å². The lowest BCUT2D eigenvalue weighted by Gasteiger charge is -2.36. The topological polar surface area (TPSA) is 15.3 Å². The van der Waals surface area contributed by atoms with Gasteiger partial charge in [0.15, 0.2) is 0 Å². The molecular formula is C15H18ClF3N2. The number of nitrogens with zero attached hydrogens (tertiary/aromatic N) is 1. The van der Waals surface area contributed by atoms with Gasteiger partial charge in [-0.3, -0.25) is 0 Å². The van der Waals surface area contributed by atoms with E-state index in [0.29, 0.717) is 19.1 Å². The average Bonchev–Trinajstić information content (AvgIpc) is 3.21. The molecule has 116 valence electrons. The van der Waals surface area contributed by atoms with Crippen LogP contribution in [0.15, 0.2) is 18.2 Å². The molecule has 0 bridgehead atoms. The second kappa shape index (κ2) is 5.69. The Bertz CT molecular complexity index is 514. The van der Waals surface area contributed by atoms with Crippen LogP contribution in [0.5, 0.6) is 0 Å². The third kappa shape index (κ3) is 3.46. The smallest absolute Gasteiger partial charge is 0.368 e. The van der Waals surface area contributed by atoms with Crippen LogP contribution in [-0.4, -0.2) is 25.2 Å². The molecule has 1 atom stereocenters. The fourth-order valence-corrected chi connectivity index (χ4v) is 3.26. The van der Waals surface area contributed by atoms with E-state index >= 15 is 0 Å². The quantitative estimate of drug-likeness (QED) is 0.903. The molecule has 1 aliphatic heterocycles. The Morgan fingerprint density at radius 2 is 1.90 bits per heavy atom. The predicted molar refractivity (Wildman–Crippen MR) is 77.8 cm³/mol. The maximum Gasteiger partial charge on any atom is 0.418 e. The highest BCUT2D eigenvalue weighted by atomic mass is 35.5. The van der Waals surface area contributed by atoms with Gasteiger partial charge in [-0.05, 0) is 37.8 Å². The zero-order valence-corrected chi connectivity index (χ0v) is 12.3. The number of halogens is 4. The summed E-state index contributed by atoms with van der Waals surface area (Å²) in [7, 11) is 0. The van der Waals surface area contributed by atoms with Gasteiger partial charge in [0, 0.05) is 25.2 Å². The van der Waals surface area contributed by atoms with E-state index in [1.807, 2.05) is 0 Å². The molecule has 2 nitrogen and oxygen atoms in total. The van der Waals surface area contributed by atoms with Crippen molar-refractivity contribution in [2.75, 3.05) is 18.0 Å². The van der Waals surface area contributed by atoms with Gasteiger partial charge in [0.1, 0.15) is 0 Å². The van der Waals surface area contributed by atoms with Gasteiger partial charge >= 0.3 is 6.18 Å². The molecule has 0 spiro atoms. The molecule has 3 rings (SSSR count). The predicted octanol–water partition coefficient (Wildman–Crippen LogP) is 4.08. The van der Waals surface area contributed by atoms with E-state index in [4.69, 9.17) is 11.6 Å². The van der Waals surface area contributed by atoms with E-state index < -0.39 is 11.7 Å². The SMILES string of the molecule is FC(F)(F)c1cccc(Cl)c1N1CCCC(NC2CC2)C1. The average molecular weight is 319 g/mol. The lowest BCUT2D eigenvalue weighted by atomic mass is 10.0. The van der Waals surface area contributed by atoms with Gasteiger partial charge in [-0.15, -0.1) is 0 Å². The second-order valence-corrected chi connectivity index (χ2v) is 6.27. The number of nitrogens with one attached hydrogen (secondary N) is 1. The van der Waals surface area contributed by atoms with E-state index in [2.05, 4.69) is 5.32 Å². The van der Waals surface area contributed by atoms with Crippen LogP contribution in [-0.2, 0) is 6.18 Å². The number of rotatable bonds is 3. The normalized spacial score (nSPS) is 23.4. The molecule has 1 saturated carbocycles. The Balaban J connectivity index is 1.84. The summed E-state index contributed by atoms with van der Waals surface area (Å²) >= 11 is 6.07. The number of hydrogen-bond acceptors (Lipinski definition) is 2. The number of para-hydroxylation sites is 1. The third-order valence-electron chi connectivity index (χ3n) is 4.08. The Hall–Kier alpha value is -0.940. The van der Waals surface area contributed by atoms with E-state index in [1.165, 1.54) is 25.0 Å². The minimum absolute atomic E-state index is 0.133. The summed E-state index contributed by atoms with van der Waals surface area (Å²) in [5, 5.41) is 3.68. The van der Waals surface area contributed by atoms with Crippen molar-refractivity contribution in [1.29, 1.82) is 0 Å². The van der Waals surface area contributed by atoms with Gasteiger partial charge in [-0.2, -0.15) is 13.2 Å². The molecule has 1 aliphatic carbocycles. The summed E-state index contributed by atoms with van der Waals surface area (Å²) in [6, 6.07) is 4.81. The van der Waals surface area contributed by atoms with E-state index in [-0.39, 0.29) is 16.8 Å². The van der Waals surface area contributed by atoms with Crippen molar-refractivity contribution in [1.82, 2.24) is 5.32 Å². The van der Waals surface area contributed by atoms with Crippen molar-refractivity contribution < 1.29 is 13.2 Å². The zero-order chi connectivity index (χ0) is 15.0. The van der Waals surface area contributed by atoms with Crippen molar-refractivity contribution in [3.8, 4) is 0 Å². The van der Waals surface area contributed by atoms with Crippen LogP contribution in [0.1, 0.15) is 31.2 Å². The molecule has 1 aromatic carbocycles. The lowest BCUT2D eigenvalue weighted by molar-refractivity contribution is -0.137. The van der Waals surface area contributed by atoms with E-state index in [9.17, 15) is 13.2 Å². The molecular weight excluding hydrogens is 301 g/mol. The van der Waals surface area contributed by atoms with Crippen LogP contribution in [0, 0.1) is 0 Å². The third-order valence-corrected chi connectivity index (χ3v) is 4.38. The number of anilines is 1. The molecule has 1 aromatic rings. The van der Waals surface area contributed by atoms with Gasteiger partial charge < -0.3 is 10.2 Å². The first-order chi connectivity index (χ1) is 9.95. The zero-order valence-electron chi connectivity index (χ0n) is 11.6. The Kier molecular flexibility index (Phi) is 4.06. The highest BCUT2D eigenvalue weighted by Crippen LogP contribution is 2.41. The first-order valence-electron chi connectivity index (χ1n) is 7.32. The first-order valence-corrected chi connectivity index (χ1v) is 7.69. The van der Waals surface area contributed by atoms with Crippen molar-refractivity contribution in [3.63, 3.8) is 0 Å². The first kappa shape index (κ1) is 15.0. The van der Waals surface area contributed by atoms with Gasteiger partial charge in [-0.25, -0.2) is 0 Å². The van der Waals surface area contributed by atoms with Crippen LogP contribution in [0.2, 0.25) is 5.02 Å². The molecule has 0 amide bonds. The van der Waals surface area contributed by atoms with Crippen LogP contribution in [0.25, 0.3) is 0 Å². The fourth-order valence-electron chi connectivity index (χ4n) is 2.97. The van der Waals surface area contributed by atoms with Crippen molar-refractivity contribution in [2.45, 2.75) is 43.9 Å². The molecule has 0 radical (unpaired) electrons. The number of alkyl halides is 3. The highest BCUT2D eigenvalue weighted by molar-refractivity contribution is 6.33. The molecule has 1 heterocycles. The standard InChI is InChI=1S/C15H18ClF3N2/c16-13-5-1-4-12(15(17,18)19)14(13)21-8-2-3-11(9-21)20-10-6-7-10/h1,4-5,10-11,20H,2-3,6-9H2. The van der Waals surface area contributed by atoms with Gasteiger partial charge in [-0.1, -0.05) is 17.7 Å². The van der Waals surface area contributed by atoms with Crippen LogP contribution >= 0.6 is 11.6 Å². The highest BCUT2D eigenvalue weighted by Gasteiger charge is 2.37. The molecule has 2 fully saturated rings. The van der Waals surface area contributed by atoms with Crippen molar-refractivity contribution in [3.05, 3.63) is 28.8 Å². The maximum absolute atomic E-state index is 13.2. The molecule has 1 saturated heterocycles. The van der Waals surface area contributed by atoms with Crippen LogP contribution in [0.4, 0.5) is 18.9 Å². The summed E-state index contributed by atoms with van der Waals surface area (Å²) in [5.74, 6) is 0. The summed E-state index contributed by atoms with van der Waals surface area (Å²) in [6.07, 6.45) is -0.129. The van der Waals surface area contributed by atoms with E-state index in [0.717, 1.165) is 18.9 Å². The van der Waals surface area contributed by atoms with E-state index in [1.54, 1.807) is 4.90 Å². The summed E-state index contributed by atoms with van der Waals surface area (Å²) in [4.78, 5) is 1.79. The van der Waals surface area contributed by atoms with Crippen molar-refractivity contribution in [2.24, 2.45) is 0 Å². The summed E-state index contributed by atoms with van der Waals surface area (Å²) < 4.78 is 39.6. The maximum atomic E-state index is 13.2.